The molecule has 5 heteroatoms. The third kappa shape index (κ3) is 2.54. The minimum absolute atomic E-state index is 0.794. The number of thiazole rings is 1. The number of thioether (sulfide) groups is 1. The maximum atomic E-state index is 6.14. The van der Waals surface area contributed by atoms with Crippen molar-refractivity contribution in [3.8, 4) is 0 Å². The summed E-state index contributed by atoms with van der Waals surface area (Å²) in [6.07, 6.45) is 1.32. The molecule has 0 spiro atoms. The SMILES string of the molecule is Clc1cccc2nc(NCC3CCSC3)sc12. The Morgan fingerprint density at radius 2 is 2.41 bits per heavy atom. The summed E-state index contributed by atoms with van der Waals surface area (Å²) in [6.45, 7) is 1.03. The summed E-state index contributed by atoms with van der Waals surface area (Å²) in [6, 6.07) is 5.87. The second-order valence-corrected chi connectivity index (χ2v) is 6.77. The number of hydrogen-bond donors (Lipinski definition) is 1. The molecule has 2 nitrogen and oxygen atoms in total. The van der Waals surface area contributed by atoms with Gasteiger partial charge in [0.05, 0.1) is 15.2 Å². The van der Waals surface area contributed by atoms with Crippen molar-refractivity contribution in [2.24, 2.45) is 5.92 Å². The monoisotopic (exact) mass is 284 g/mol. The lowest BCUT2D eigenvalue weighted by Gasteiger charge is -2.07. The minimum atomic E-state index is 0.794. The Hall–Kier alpha value is -0.450. The first-order chi connectivity index (χ1) is 8.33. The van der Waals surface area contributed by atoms with Crippen LogP contribution < -0.4 is 5.32 Å². The Labute approximate surface area is 114 Å². The lowest BCUT2D eigenvalue weighted by Crippen LogP contribution is -2.13. The first-order valence-electron chi connectivity index (χ1n) is 5.69. The molecule has 1 aromatic carbocycles. The Morgan fingerprint density at radius 1 is 1.47 bits per heavy atom. The molecule has 1 N–H and O–H groups in total. The van der Waals surface area contributed by atoms with Gasteiger partial charge in [-0.05, 0) is 36.0 Å². The fourth-order valence-electron chi connectivity index (χ4n) is 1.97. The van der Waals surface area contributed by atoms with Gasteiger partial charge in [0.2, 0.25) is 0 Å². The highest BCUT2D eigenvalue weighted by Crippen LogP contribution is 2.32. The van der Waals surface area contributed by atoms with Crippen LogP contribution in [0.4, 0.5) is 5.13 Å². The molecule has 1 aromatic heterocycles. The zero-order valence-corrected chi connectivity index (χ0v) is 11.7. The van der Waals surface area contributed by atoms with Crippen molar-refractivity contribution in [2.75, 3.05) is 23.4 Å². The molecule has 1 saturated heterocycles. The van der Waals surface area contributed by atoms with Crippen molar-refractivity contribution in [2.45, 2.75) is 6.42 Å². The molecule has 2 heterocycles. The quantitative estimate of drug-likeness (QED) is 0.918. The normalized spacial score (nSPS) is 19.9. The average molecular weight is 285 g/mol. The summed E-state index contributed by atoms with van der Waals surface area (Å²) in [5.74, 6) is 3.37. The summed E-state index contributed by atoms with van der Waals surface area (Å²) in [4.78, 5) is 4.55. The molecule has 17 heavy (non-hydrogen) atoms. The molecule has 1 aliphatic heterocycles. The third-order valence-corrected chi connectivity index (χ3v) is 5.65. The van der Waals surface area contributed by atoms with E-state index in [9.17, 15) is 0 Å². The first kappa shape index (κ1) is 11.6. The molecule has 1 aliphatic rings. The molecule has 0 amide bonds. The van der Waals surface area contributed by atoms with Crippen molar-refractivity contribution in [1.82, 2.24) is 4.98 Å². The summed E-state index contributed by atoms with van der Waals surface area (Å²) in [5, 5.41) is 5.23. The van der Waals surface area contributed by atoms with E-state index in [4.69, 9.17) is 11.6 Å². The van der Waals surface area contributed by atoms with E-state index >= 15 is 0 Å². The topological polar surface area (TPSA) is 24.9 Å². The predicted molar refractivity (Wildman–Crippen MR) is 78.6 cm³/mol. The molecular formula is C12H13ClN2S2. The average Bonchev–Trinajstić information content (AvgIpc) is 2.95. The van der Waals surface area contributed by atoms with E-state index in [1.807, 2.05) is 30.0 Å². The summed E-state index contributed by atoms with van der Waals surface area (Å²) in [5.41, 5.74) is 0.991. The molecule has 3 rings (SSSR count). The number of halogens is 1. The second-order valence-electron chi connectivity index (χ2n) is 4.22. The van der Waals surface area contributed by atoms with Gasteiger partial charge in [0.15, 0.2) is 5.13 Å². The zero-order chi connectivity index (χ0) is 11.7. The molecular weight excluding hydrogens is 272 g/mol. The number of nitrogens with zero attached hydrogens (tertiary/aromatic N) is 1. The van der Waals surface area contributed by atoms with Gasteiger partial charge in [-0.15, -0.1) is 0 Å². The van der Waals surface area contributed by atoms with E-state index in [1.54, 1.807) is 11.3 Å². The van der Waals surface area contributed by atoms with Crippen molar-refractivity contribution in [3.05, 3.63) is 23.2 Å². The van der Waals surface area contributed by atoms with Gasteiger partial charge in [0.25, 0.3) is 0 Å². The van der Waals surface area contributed by atoms with Gasteiger partial charge in [0.1, 0.15) is 0 Å². The third-order valence-electron chi connectivity index (χ3n) is 2.93. The predicted octanol–water partition coefficient (Wildman–Crippen LogP) is 4.11. The number of fused-ring (bicyclic) bond motifs is 1. The van der Waals surface area contributed by atoms with Gasteiger partial charge in [-0.2, -0.15) is 11.8 Å². The van der Waals surface area contributed by atoms with Gasteiger partial charge in [-0.25, -0.2) is 4.98 Å². The van der Waals surface area contributed by atoms with Crippen LogP contribution in [0.2, 0.25) is 5.02 Å². The van der Waals surface area contributed by atoms with Crippen molar-refractivity contribution >= 4 is 50.0 Å². The van der Waals surface area contributed by atoms with E-state index < -0.39 is 0 Å². The molecule has 2 aromatic rings. The van der Waals surface area contributed by atoms with Gasteiger partial charge in [-0.3, -0.25) is 0 Å². The summed E-state index contributed by atoms with van der Waals surface area (Å²) >= 11 is 9.83. The highest BCUT2D eigenvalue weighted by Gasteiger charge is 2.15. The van der Waals surface area contributed by atoms with E-state index in [0.29, 0.717) is 0 Å². The molecule has 0 saturated carbocycles. The Morgan fingerprint density at radius 3 is 3.18 bits per heavy atom. The molecule has 1 fully saturated rings. The van der Waals surface area contributed by atoms with Gasteiger partial charge >= 0.3 is 0 Å². The lowest BCUT2D eigenvalue weighted by atomic mass is 10.1. The molecule has 1 atom stereocenters. The number of anilines is 1. The van der Waals surface area contributed by atoms with Crippen molar-refractivity contribution in [1.29, 1.82) is 0 Å². The highest BCUT2D eigenvalue weighted by molar-refractivity contribution is 7.99. The number of nitrogens with one attached hydrogen (secondary N) is 1. The summed E-state index contributed by atoms with van der Waals surface area (Å²) < 4.78 is 1.08. The van der Waals surface area contributed by atoms with Crippen LogP contribution in [-0.2, 0) is 0 Å². The van der Waals surface area contributed by atoms with Crippen LogP contribution in [0.1, 0.15) is 6.42 Å². The number of benzene rings is 1. The Bertz CT molecular complexity index is 520. The van der Waals surface area contributed by atoms with Crippen LogP contribution in [0.5, 0.6) is 0 Å². The largest absolute Gasteiger partial charge is 0.361 e. The second kappa shape index (κ2) is 5.04. The Balaban J connectivity index is 1.74. The van der Waals surface area contributed by atoms with Crippen LogP contribution in [0.25, 0.3) is 10.2 Å². The van der Waals surface area contributed by atoms with Crippen molar-refractivity contribution < 1.29 is 0 Å². The molecule has 0 bridgehead atoms. The Kier molecular flexibility index (Phi) is 3.45. The molecule has 90 valence electrons. The highest BCUT2D eigenvalue weighted by atomic mass is 35.5. The van der Waals surface area contributed by atoms with E-state index in [2.05, 4.69) is 10.3 Å². The fourth-order valence-corrected chi connectivity index (χ4v) is 4.41. The van der Waals surface area contributed by atoms with Crippen molar-refractivity contribution in [3.63, 3.8) is 0 Å². The van der Waals surface area contributed by atoms with Crippen LogP contribution in [-0.4, -0.2) is 23.0 Å². The molecule has 1 unspecified atom stereocenters. The fraction of sp³-hybridized carbons (Fsp3) is 0.417. The zero-order valence-electron chi connectivity index (χ0n) is 9.28. The van der Waals surface area contributed by atoms with E-state index in [-0.39, 0.29) is 0 Å². The standard InChI is InChI=1S/C12H13ClN2S2/c13-9-2-1-3-10-11(9)17-12(15-10)14-6-8-4-5-16-7-8/h1-3,8H,4-7H2,(H,14,15). The minimum Gasteiger partial charge on any atom is -0.361 e. The lowest BCUT2D eigenvalue weighted by molar-refractivity contribution is 0.631. The number of hydrogen-bond acceptors (Lipinski definition) is 4. The number of rotatable bonds is 3. The number of aromatic nitrogens is 1. The maximum absolute atomic E-state index is 6.14. The maximum Gasteiger partial charge on any atom is 0.183 e. The van der Waals surface area contributed by atoms with Crippen LogP contribution in [0, 0.1) is 5.92 Å². The van der Waals surface area contributed by atoms with Crippen LogP contribution in [0.3, 0.4) is 0 Å². The van der Waals surface area contributed by atoms with Crippen LogP contribution in [0.15, 0.2) is 18.2 Å². The van der Waals surface area contributed by atoms with Gasteiger partial charge < -0.3 is 5.32 Å². The smallest absolute Gasteiger partial charge is 0.183 e. The molecule has 0 radical (unpaired) electrons. The van der Waals surface area contributed by atoms with E-state index in [1.165, 1.54) is 17.9 Å². The van der Waals surface area contributed by atoms with E-state index in [0.717, 1.165) is 32.8 Å². The van der Waals surface area contributed by atoms with Gasteiger partial charge in [-0.1, -0.05) is 29.0 Å². The van der Waals surface area contributed by atoms with Gasteiger partial charge in [0, 0.05) is 6.54 Å². The molecule has 0 aliphatic carbocycles. The first-order valence-corrected chi connectivity index (χ1v) is 8.04. The van der Waals surface area contributed by atoms with Crippen LogP contribution >= 0.6 is 34.7 Å². The summed E-state index contributed by atoms with van der Waals surface area (Å²) in [7, 11) is 0.